The zero-order valence-corrected chi connectivity index (χ0v) is 16.0. The Morgan fingerprint density at radius 3 is 1.88 bits per heavy atom. The molecule has 2 aliphatic rings. The van der Waals surface area contributed by atoms with Crippen molar-refractivity contribution in [3.63, 3.8) is 0 Å². The molecule has 0 spiro atoms. The average molecular weight is 343 g/mol. The first-order valence-electron chi connectivity index (χ1n) is 10.3. The van der Waals surface area contributed by atoms with Gasteiger partial charge in [-0.15, -0.1) is 0 Å². The fourth-order valence-electron chi connectivity index (χ4n) is 4.74. The Balaban J connectivity index is 1.69. The van der Waals surface area contributed by atoms with E-state index in [0.717, 1.165) is 16.8 Å². The number of anilines is 1. The second-order valence-electron chi connectivity index (χ2n) is 8.07. The minimum Gasteiger partial charge on any atom is -0.324 e. The van der Waals surface area contributed by atoms with Gasteiger partial charge in [0.2, 0.25) is 5.91 Å². The van der Waals surface area contributed by atoms with Crippen molar-refractivity contribution in [2.75, 3.05) is 11.9 Å². The van der Waals surface area contributed by atoms with E-state index < -0.39 is 0 Å². The highest BCUT2D eigenvalue weighted by molar-refractivity contribution is 5.93. The van der Waals surface area contributed by atoms with E-state index in [4.69, 9.17) is 0 Å². The fourth-order valence-corrected chi connectivity index (χ4v) is 4.74. The third kappa shape index (κ3) is 4.84. The second-order valence-corrected chi connectivity index (χ2v) is 8.07. The lowest BCUT2D eigenvalue weighted by Gasteiger charge is -2.41. The molecule has 1 aromatic carbocycles. The highest BCUT2D eigenvalue weighted by atomic mass is 16.2. The van der Waals surface area contributed by atoms with E-state index in [2.05, 4.69) is 42.3 Å². The lowest BCUT2D eigenvalue weighted by atomic mass is 9.88. The number of para-hydroxylation sites is 1. The fraction of sp³-hybridized carbons (Fsp3) is 0.682. The molecule has 0 atom stereocenters. The zero-order chi connectivity index (χ0) is 17.6. The maximum absolute atomic E-state index is 12.9. The standard InChI is InChI=1S/C22H34N2O/c1-17-10-9-11-18(2)22(17)23-21(25)16-24(19-12-5-3-6-13-19)20-14-7-4-8-15-20/h9-11,19-20H,3-8,12-16H2,1-2H3,(H,23,25). The van der Waals surface area contributed by atoms with Crippen LogP contribution in [0.15, 0.2) is 18.2 Å². The molecule has 3 rings (SSSR count). The number of nitrogens with zero attached hydrogens (tertiary/aromatic N) is 1. The molecule has 25 heavy (non-hydrogen) atoms. The van der Waals surface area contributed by atoms with Gasteiger partial charge < -0.3 is 5.32 Å². The van der Waals surface area contributed by atoms with Crippen molar-refractivity contribution < 1.29 is 4.79 Å². The summed E-state index contributed by atoms with van der Waals surface area (Å²) >= 11 is 0. The molecule has 3 heteroatoms. The van der Waals surface area contributed by atoms with Gasteiger partial charge in [-0.2, -0.15) is 0 Å². The third-order valence-corrected chi connectivity index (χ3v) is 6.16. The second kappa shape index (κ2) is 8.84. The van der Waals surface area contributed by atoms with E-state index in [-0.39, 0.29) is 5.91 Å². The lowest BCUT2D eigenvalue weighted by Crippen LogP contribution is -2.48. The molecule has 2 saturated carbocycles. The largest absolute Gasteiger partial charge is 0.324 e. The van der Waals surface area contributed by atoms with Crippen molar-refractivity contribution in [3.8, 4) is 0 Å². The number of rotatable bonds is 5. The van der Waals surface area contributed by atoms with Gasteiger partial charge in [0.1, 0.15) is 0 Å². The average Bonchev–Trinajstić information content (AvgIpc) is 2.64. The molecule has 0 aliphatic heterocycles. The Bertz CT molecular complexity index is 533. The highest BCUT2D eigenvalue weighted by Crippen LogP contribution is 2.30. The maximum Gasteiger partial charge on any atom is 0.238 e. The van der Waals surface area contributed by atoms with E-state index >= 15 is 0 Å². The van der Waals surface area contributed by atoms with Gasteiger partial charge in [-0.1, -0.05) is 56.7 Å². The molecule has 2 aliphatic carbocycles. The Morgan fingerprint density at radius 1 is 0.920 bits per heavy atom. The first kappa shape index (κ1) is 18.4. The van der Waals surface area contributed by atoms with Crippen LogP contribution in [0.1, 0.15) is 75.3 Å². The number of hydrogen-bond donors (Lipinski definition) is 1. The molecule has 0 radical (unpaired) electrons. The monoisotopic (exact) mass is 342 g/mol. The Labute approximate surface area is 153 Å². The number of benzene rings is 1. The predicted molar refractivity (Wildman–Crippen MR) is 105 cm³/mol. The summed E-state index contributed by atoms with van der Waals surface area (Å²) in [6.45, 7) is 4.70. The molecular weight excluding hydrogens is 308 g/mol. The van der Waals surface area contributed by atoms with Gasteiger partial charge in [0.25, 0.3) is 0 Å². The number of carbonyl (C=O) groups excluding carboxylic acids is 1. The van der Waals surface area contributed by atoms with Crippen molar-refractivity contribution in [1.29, 1.82) is 0 Å². The molecule has 1 N–H and O–H groups in total. The summed E-state index contributed by atoms with van der Waals surface area (Å²) in [6.07, 6.45) is 13.1. The molecule has 1 amide bonds. The molecule has 0 bridgehead atoms. The van der Waals surface area contributed by atoms with Crippen molar-refractivity contribution >= 4 is 11.6 Å². The van der Waals surface area contributed by atoms with Gasteiger partial charge in [-0.3, -0.25) is 9.69 Å². The van der Waals surface area contributed by atoms with Crippen LogP contribution in [-0.2, 0) is 4.79 Å². The van der Waals surface area contributed by atoms with Gasteiger partial charge >= 0.3 is 0 Å². The van der Waals surface area contributed by atoms with Crippen molar-refractivity contribution in [2.24, 2.45) is 0 Å². The zero-order valence-electron chi connectivity index (χ0n) is 16.0. The molecule has 138 valence electrons. The first-order valence-corrected chi connectivity index (χ1v) is 10.3. The predicted octanol–water partition coefficient (Wildman–Crippen LogP) is 5.21. The van der Waals surface area contributed by atoms with Crippen LogP contribution >= 0.6 is 0 Å². The molecule has 2 fully saturated rings. The van der Waals surface area contributed by atoms with E-state index in [0.29, 0.717) is 18.6 Å². The quantitative estimate of drug-likeness (QED) is 0.796. The van der Waals surface area contributed by atoms with Crippen molar-refractivity contribution in [3.05, 3.63) is 29.3 Å². The minimum absolute atomic E-state index is 0.161. The van der Waals surface area contributed by atoms with E-state index in [9.17, 15) is 4.79 Å². The van der Waals surface area contributed by atoms with Crippen LogP contribution in [-0.4, -0.2) is 29.4 Å². The van der Waals surface area contributed by atoms with E-state index in [1.165, 1.54) is 64.2 Å². The van der Waals surface area contributed by atoms with Gasteiger partial charge in [-0.25, -0.2) is 0 Å². The van der Waals surface area contributed by atoms with E-state index in [1.807, 2.05) is 0 Å². The number of carbonyl (C=O) groups is 1. The van der Waals surface area contributed by atoms with Crippen LogP contribution in [0.3, 0.4) is 0 Å². The Hall–Kier alpha value is -1.35. The number of amides is 1. The molecule has 0 heterocycles. The summed E-state index contributed by atoms with van der Waals surface area (Å²) < 4.78 is 0. The number of hydrogen-bond acceptors (Lipinski definition) is 2. The number of nitrogens with one attached hydrogen (secondary N) is 1. The molecular formula is C22H34N2O. The van der Waals surface area contributed by atoms with Crippen LogP contribution in [0.2, 0.25) is 0 Å². The van der Waals surface area contributed by atoms with Gasteiger partial charge in [-0.05, 0) is 50.7 Å². The molecule has 0 saturated heterocycles. The minimum atomic E-state index is 0.161. The normalized spacial score (nSPS) is 20.0. The summed E-state index contributed by atoms with van der Waals surface area (Å²) in [5.41, 5.74) is 3.30. The summed E-state index contributed by atoms with van der Waals surface area (Å²) in [5.74, 6) is 0.161. The SMILES string of the molecule is Cc1cccc(C)c1NC(=O)CN(C1CCCCC1)C1CCCCC1. The van der Waals surface area contributed by atoms with Crippen LogP contribution in [0, 0.1) is 13.8 Å². The molecule has 3 nitrogen and oxygen atoms in total. The van der Waals surface area contributed by atoms with Crippen molar-refractivity contribution in [2.45, 2.75) is 90.1 Å². The van der Waals surface area contributed by atoms with Gasteiger partial charge in [0.05, 0.1) is 6.54 Å². The summed E-state index contributed by atoms with van der Waals surface area (Å²) in [7, 11) is 0. The first-order chi connectivity index (χ1) is 12.1. The van der Waals surface area contributed by atoms with Gasteiger partial charge in [0.15, 0.2) is 0 Å². The highest BCUT2D eigenvalue weighted by Gasteiger charge is 2.30. The Kier molecular flexibility index (Phi) is 6.52. The van der Waals surface area contributed by atoms with Crippen LogP contribution in [0.5, 0.6) is 0 Å². The van der Waals surface area contributed by atoms with Crippen LogP contribution in [0.25, 0.3) is 0 Å². The van der Waals surface area contributed by atoms with E-state index in [1.54, 1.807) is 0 Å². The Morgan fingerprint density at radius 2 is 1.40 bits per heavy atom. The van der Waals surface area contributed by atoms with Crippen LogP contribution < -0.4 is 5.32 Å². The summed E-state index contributed by atoms with van der Waals surface area (Å²) in [5, 5.41) is 3.21. The third-order valence-electron chi connectivity index (χ3n) is 6.16. The maximum atomic E-state index is 12.9. The molecule has 0 aromatic heterocycles. The summed E-state index contributed by atoms with van der Waals surface area (Å²) in [6, 6.07) is 7.42. The summed E-state index contributed by atoms with van der Waals surface area (Å²) in [4.78, 5) is 15.4. The number of aryl methyl sites for hydroxylation is 2. The molecule has 1 aromatic rings. The lowest BCUT2D eigenvalue weighted by molar-refractivity contribution is -0.119. The van der Waals surface area contributed by atoms with Crippen molar-refractivity contribution in [1.82, 2.24) is 4.90 Å². The van der Waals surface area contributed by atoms with Crippen LogP contribution in [0.4, 0.5) is 5.69 Å². The molecule has 0 unspecified atom stereocenters. The van der Waals surface area contributed by atoms with Gasteiger partial charge in [0, 0.05) is 17.8 Å². The smallest absolute Gasteiger partial charge is 0.238 e. The topological polar surface area (TPSA) is 32.3 Å².